The summed E-state index contributed by atoms with van der Waals surface area (Å²) in [5, 5.41) is 21.5. The second kappa shape index (κ2) is 5.75. The zero-order chi connectivity index (χ0) is 13.8. The lowest BCUT2D eigenvalue weighted by Crippen LogP contribution is -2.31. The Kier molecular flexibility index (Phi) is 4.06. The van der Waals surface area contributed by atoms with Gasteiger partial charge in [0.25, 0.3) is 0 Å². The molecule has 2 unspecified atom stereocenters. The number of hydrogen-bond acceptors (Lipinski definition) is 3. The van der Waals surface area contributed by atoms with Crippen molar-refractivity contribution in [3.63, 3.8) is 0 Å². The molecule has 4 heteroatoms. The molecule has 1 saturated carbocycles. The van der Waals surface area contributed by atoms with Crippen molar-refractivity contribution < 1.29 is 9.90 Å². The summed E-state index contributed by atoms with van der Waals surface area (Å²) in [5.74, 6) is -0.974. The Morgan fingerprint density at radius 1 is 1.47 bits per heavy atom. The Morgan fingerprint density at radius 3 is 2.95 bits per heavy atom. The van der Waals surface area contributed by atoms with E-state index in [0.29, 0.717) is 12.0 Å². The zero-order valence-corrected chi connectivity index (χ0v) is 11.0. The molecule has 1 aliphatic rings. The maximum Gasteiger partial charge on any atom is 0.306 e. The lowest BCUT2D eigenvalue weighted by atomic mass is 9.85. The average molecular weight is 258 g/mol. The highest BCUT2D eigenvalue weighted by Gasteiger charge is 2.27. The van der Waals surface area contributed by atoms with Crippen LogP contribution in [-0.4, -0.2) is 17.1 Å². The molecule has 2 N–H and O–H groups in total. The van der Waals surface area contributed by atoms with Gasteiger partial charge in [0.05, 0.1) is 17.2 Å². The molecule has 0 amide bonds. The highest BCUT2D eigenvalue weighted by atomic mass is 16.4. The molecule has 1 aliphatic carbocycles. The molecule has 1 aromatic rings. The molecular formula is C15H18N2O2. The van der Waals surface area contributed by atoms with Crippen LogP contribution in [0.1, 0.15) is 36.8 Å². The number of hydrogen-bond donors (Lipinski definition) is 2. The molecule has 1 aromatic carbocycles. The molecular weight excluding hydrogens is 240 g/mol. The first-order chi connectivity index (χ1) is 9.10. The van der Waals surface area contributed by atoms with Gasteiger partial charge in [0.2, 0.25) is 0 Å². The summed E-state index contributed by atoms with van der Waals surface area (Å²) < 4.78 is 0. The largest absolute Gasteiger partial charge is 0.481 e. The Labute approximate surface area is 113 Å². The number of anilines is 1. The Hall–Kier alpha value is -2.02. The van der Waals surface area contributed by atoms with E-state index >= 15 is 0 Å². The molecule has 19 heavy (non-hydrogen) atoms. The SMILES string of the molecule is Cc1ccc(NC2CCCC(C(=O)O)C2)c(C#N)c1. The fraction of sp³-hybridized carbons (Fsp3) is 0.467. The number of carbonyl (C=O) groups is 1. The van der Waals surface area contributed by atoms with Crippen LogP contribution in [0.4, 0.5) is 5.69 Å². The van der Waals surface area contributed by atoms with Crippen LogP contribution in [0.5, 0.6) is 0 Å². The van der Waals surface area contributed by atoms with E-state index < -0.39 is 5.97 Å². The Morgan fingerprint density at radius 2 is 2.26 bits per heavy atom. The van der Waals surface area contributed by atoms with E-state index in [0.717, 1.165) is 30.5 Å². The average Bonchev–Trinajstić information content (AvgIpc) is 2.41. The first-order valence-electron chi connectivity index (χ1n) is 6.60. The summed E-state index contributed by atoms with van der Waals surface area (Å²) in [6.45, 7) is 1.95. The number of carboxylic acids is 1. The Balaban J connectivity index is 2.09. The highest BCUT2D eigenvalue weighted by Crippen LogP contribution is 2.28. The molecule has 1 fully saturated rings. The number of nitrogens with one attached hydrogen (secondary N) is 1. The molecule has 0 spiro atoms. The molecule has 0 radical (unpaired) electrons. The van der Waals surface area contributed by atoms with Gasteiger partial charge in [-0.3, -0.25) is 4.79 Å². The summed E-state index contributed by atoms with van der Waals surface area (Å²) in [4.78, 5) is 11.0. The van der Waals surface area contributed by atoms with Crippen molar-refractivity contribution in [3.05, 3.63) is 29.3 Å². The van der Waals surface area contributed by atoms with E-state index in [1.54, 1.807) is 0 Å². The number of aliphatic carboxylic acids is 1. The van der Waals surface area contributed by atoms with Crippen LogP contribution < -0.4 is 5.32 Å². The third-order valence-electron chi connectivity index (χ3n) is 3.68. The molecule has 2 rings (SSSR count). The number of carboxylic acid groups (broad SMARTS) is 1. The van der Waals surface area contributed by atoms with Gasteiger partial charge < -0.3 is 10.4 Å². The van der Waals surface area contributed by atoms with Gasteiger partial charge >= 0.3 is 5.97 Å². The standard InChI is InChI=1S/C15H18N2O2/c1-10-5-6-14(12(7-10)9-16)17-13-4-2-3-11(8-13)15(18)19/h5-7,11,13,17H,2-4,8H2,1H3,(H,18,19). The number of rotatable bonds is 3. The summed E-state index contributed by atoms with van der Waals surface area (Å²) in [5.41, 5.74) is 2.48. The summed E-state index contributed by atoms with van der Waals surface area (Å²) >= 11 is 0. The summed E-state index contributed by atoms with van der Waals surface area (Å²) in [6, 6.07) is 8.03. The van der Waals surface area contributed by atoms with Crippen molar-refractivity contribution in [1.29, 1.82) is 5.26 Å². The van der Waals surface area contributed by atoms with Crippen molar-refractivity contribution in [1.82, 2.24) is 0 Å². The Bertz CT molecular complexity index is 519. The van der Waals surface area contributed by atoms with E-state index in [1.165, 1.54) is 0 Å². The van der Waals surface area contributed by atoms with Gasteiger partial charge in [0, 0.05) is 6.04 Å². The van der Waals surface area contributed by atoms with Crippen LogP contribution in [-0.2, 0) is 4.79 Å². The third kappa shape index (κ3) is 3.25. The van der Waals surface area contributed by atoms with Crippen molar-refractivity contribution in [3.8, 4) is 6.07 Å². The molecule has 0 aromatic heterocycles. The number of nitrogens with zero attached hydrogens (tertiary/aromatic N) is 1. The monoisotopic (exact) mass is 258 g/mol. The number of benzene rings is 1. The lowest BCUT2D eigenvalue weighted by molar-refractivity contribution is -0.142. The van der Waals surface area contributed by atoms with Crippen LogP contribution in [0.15, 0.2) is 18.2 Å². The van der Waals surface area contributed by atoms with Crippen LogP contribution in [0.25, 0.3) is 0 Å². The summed E-state index contributed by atoms with van der Waals surface area (Å²) in [7, 11) is 0. The maximum absolute atomic E-state index is 11.0. The van der Waals surface area contributed by atoms with Crippen molar-refractivity contribution in [2.75, 3.05) is 5.32 Å². The third-order valence-corrected chi connectivity index (χ3v) is 3.68. The van der Waals surface area contributed by atoms with Gasteiger partial charge in [0.15, 0.2) is 0 Å². The van der Waals surface area contributed by atoms with Crippen molar-refractivity contribution in [2.24, 2.45) is 5.92 Å². The van der Waals surface area contributed by atoms with Gasteiger partial charge in [-0.25, -0.2) is 0 Å². The van der Waals surface area contributed by atoms with Crippen molar-refractivity contribution >= 4 is 11.7 Å². The van der Waals surface area contributed by atoms with Gasteiger partial charge in [0.1, 0.15) is 6.07 Å². The fourth-order valence-corrected chi connectivity index (χ4v) is 2.64. The van der Waals surface area contributed by atoms with Gasteiger partial charge in [-0.05, 0) is 43.9 Å². The van der Waals surface area contributed by atoms with E-state index in [4.69, 9.17) is 10.4 Å². The van der Waals surface area contributed by atoms with E-state index in [2.05, 4.69) is 11.4 Å². The van der Waals surface area contributed by atoms with Gasteiger partial charge in [-0.15, -0.1) is 0 Å². The van der Waals surface area contributed by atoms with Gasteiger partial charge in [-0.2, -0.15) is 5.26 Å². The van der Waals surface area contributed by atoms with Crippen LogP contribution in [0.3, 0.4) is 0 Å². The molecule has 4 nitrogen and oxygen atoms in total. The first kappa shape index (κ1) is 13.4. The lowest BCUT2D eigenvalue weighted by Gasteiger charge is -2.28. The minimum atomic E-state index is -0.712. The van der Waals surface area contributed by atoms with E-state index in [9.17, 15) is 4.79 Å². The van der Waals surface area contributed by atoms with E-state index in [1.807, 2.05) is 25.1 Å². The van der Waals surface area contributed by atoms with Crippen LogP contribution in [0.2, 0.25) is 0 Å². The predicted octanol–water partition coefficient (Wildman–Crippen LogP) is 2.92. The highest BCUT2D eigenvalue weighted by molar-refractivity contribution is 5.70. The molecule has 0 aliphatic heterocycles. The molecule has 0 saturated heterocycles. The van der Waals surface area contributed by atoms with Crippen molar-refractivity contribution in [2.45, 2.75) is 38.6 Å². The topological polar surface area (TPSA) is 73.1 Å². The first-order valence-corrected chi connectivity index (χ1v) is 6.60. The molecule has 100 valence electrons. The fourth-order valence-electron chi connectivity index (χ4n) is 2.64. The van der Waals surface area contributed by atoms with E-state index in [-0.39, 0.29) is 12.0 Å². The molecule has 0 heterocycles. The second-order valence-corrected chi connectivity index (χ2v) is 5.20. The second-order valence-electron chi connectivity index (χ2n) is 5.20. The summed E-state index contributed by atoms with van der Waals surface area (Å²) in [6.07, 6.45) is 3.27. The minimum Gasteiger partial charge on any atom is -0.481 e. The quantitative estimate of drug-likeness (QED) is 0.874. The zero-order valence-electron chi connectivity index (χ0n) is 11.0. The maximum atomic E-state index is 11.0. The van der Waals surface area contributed by atoms with Gasteiger partial charge in [-0.1, -0.05) is 12.5 Å². The number of nitriles is 1. The van der Waals surface area contributed by atoms with Crippen LogP contribution >= 0.6 is 0 Å². The van der Waals surface area contributed by atoms with Crippen LogP contribution in [0, 0.1) is 24.2 Å². The molecule has 2 atom stereocenters. The minimum absolute atomic E-state index is 0.143. The smallest absolute Gasteiger partial charge is 0.306 e. The predicted molar refractivity (Wildman–Crippen MR) is 72.9 cm³/mol. The number of aryl methyl sites for hydroxylation is 1. The molecule has 0 bridgehead atoms. The normalized spacial score (nSPS) is 22.5.